The third kappa shape index (κ3) is 8.88. The lowest BCUT2D eigenvalue weighted by Crippen LogP contribution is -2.47. The number of aromatic nitrogens is 3. The van der Waals surface area contributed by atoms with E-state index >= 15 is 0 Å². The summed E-state index contributed by atoms with van der Waals surface area (Å²) in [7, 11) is 0. The van der Waals surface area contributed by atoms with Crippen LogP contribution in [0.5, 0.6) is 0 Å². The number of nitrogens with zero attached hydrogens (tertiary/aromatic N) is 3. The maximum Gasteiger partial charge on any atom is 0.433 e. The van der Waals surface area contributed by atoms with Gasteiger partial charge in [0.15, 0.2) is 5.78 Å². The van der Waals surface area contributed by atoms with Crippen LogP contribution in [0.15, 0.2) is 24.3 Å². The standard InChI is InChI=1S/C37H46F3N7O4/c1-22-13-14-29(37(38,39)40)44-34(22)45-35(51)28-19-36(15-16-36)21-41-30(49)12-6-4-3-5-9-24-17-26(42-25-10-7-8-11-25)18-27-32(23(2)48)46-47(33(24)27)20-31(50)43-28/h13-14,17-18,25,28,42H,3-12,15-16,19-21H2,1-2H3,(H,41,49)(H,43,50)(H,44,45,51)/t28-/m0/s1. The molecule has 14 heteroatoms. The highest BCUT2D eigenvalue weighted by Gasteiger charge is 2.46. The summed E-state index contributed by atoms with van der Waals surface area (Å²) >= 11 is 0. The summed E-state index contributed by atoms with van der Waals surface area (Å²) in [6, 6.07) is 5.27. The van der Waals surface area contributed by atoms with Gasteiger partial charge in [0.05, 0.1) is 5.52 Å². The van der Waals surface area contributed by atoms with Crippen molar-refractivity contribution in [1.29, 1.82) is 0 Å². The van der Waals surface area contributed by atoms with E-state index in [0.29, 0.717) is 54.7 Å². The van der Waals surface area contributed by atoms with Crippen molar-refractivity contribution in [2.45, 2.75) is 122 Å². The number of rotatable bonds is 5. The van der Waals surface area contributed by atoms with Gasteiger partial charge in [0.25, 0.3) is 0 Å². The van der Waals surface area contributed by atoms with Crippen molar-refractivity contribution in [1.82, 2.24) is 25.4 Å². The predicted octanol–water partition coefficient (Wildman–Crippen LogP) is 6.23. The van der Waals surface area contributed by atoms with Gasteiger partial charge in [-0.15, -0.1) is 0 Å². The molecule has 0 radical (unpaired) electrons. The van der Waals surface area contributed by atoms with Crippen LogP contribution in [0.4, 0.5) is 24.7 Å². The lowest BCUT2D eigenvalue weighted by atomic mass is 9.95. The molecule has 1 spiro atoms. The average Bonchev–Trinajstić information content (AvgIpc) is 3.45. The number of amides is 3. The molecule has 2 fully saturated rings. The number of nitrogens with one attached hydrogen (secondary N) is 4. The van der Waals surface area contributed by atoms with Gasteiger partial charge >= 0.3 is 6.18 Å². The number of pyridine rings is 1. The Bertz CT molecular complexity index is 1810. The fraction of sp³-hybridized carbons (Fsp3) is 0.568. The Morgan fingerprint density at radius 1 is 0.980 bits per heavy atom. The molecule has 3 amide bonds. The minimum Gasteiger partial charge on any atom is -0.382 e. The number of anilines is 2. The van der Waals surface area contributed by atoms with Crippen LogP contribution in [-0.2, 0) is 33.5 Å². The second-order valence-corrected chi connectivity index (χ2v) is 14.6. The molecule has 2 aromatic heterocycles. The van der Waals surface area contributed by atoms with Gasteiger partial charge in [-0.2, -0.15) is 18.3 Å². The van der Waals surface area contributed by atoms with Crippen LogP contribution >= 0.6 is 0 Å². The van der Waals surface area contributed by atoms with Crippen molar-refractivity contribution in [2.24, 2.45) is 5.41 Å². The Labute approximate surface area is 294 Å². The van der Waals surface area contributed by atoms with Crippen LogP contribution in [0.1, 0.15) is 111 Å². The summed E-state index contributed by atoms with van der Waals surface area (Å²) in [5.74, 6) is -1.84. The number of carbonyl (C=O) groups is 4. The summed E-state index contributed by atoms with van der Waals surface area (Å²) in [6.45, 7) is 3.00. The number of ketones is 1. The van der Waals surface area contributed by atoms with E-state index in [9.17, 15) is 32.3 Å². The average molecular weight is 710 g/mol. The summed E-state index contributed by atoms with van der Waals surface area (Å²) in [5, 5.41) is 17.2. The zero-order valence-electron chi connectivity index (χ0n) is 29.2. The molecule has 2 saturated carbocycles. The number of carbonyl (C=O) groups excluding carboxylic acids is 4. The molecule has 4 N–H and O–H groups in total. The molecule has 0 bridgehead atoms. The SMILES string of the molecule is CC(=O)c1nn2c3c(cc(NC4CCCC4)cc13)CCCCCCC(=O)NCC1(CC1)C[C@@H](C(=O)Nc1nc(C(F)(F)F)ccc1C)NC(=O)C2. The predicted molar refractivity (Wildman–Crippen MR) is 186 cm³/mol. The van der Waals surface area contributed by atoms with Gasteiger partial charge in [-0.25, -0.2) is 4.98 Å². The lowest BCUT2D eigenvalue weighted by Gasteiger charge is -2.25. The number of halogens is 3. The number of Topliss-reactive ketones (excluding diaryl/α,β-unsaturated/α-hetero) is 1. The zero-order valence-corrected chi connectivity index (χ0v) is 29.2. The lowest BCUT2D eigenvalue weighted by molar-refractivity contribution is -0.141. The first-order valence-electron chi connectivity index (χ1n) is 18.0. The van der Waals surface area contributed by atoms with E-state index < -0.39 is 35.1 Å². The molecule has 274 valence electrons. The molecule has 2 aliphatic carbocycles. The highest BCUT2D eigenvalue weighted by atomic mass is 19.4. The van der Waals surface area contributed by atoms with E-state index in [0.717, 1.165) is 68.7 Å². The molecule has 1 aliphatic heterocycles. The molecule has 6 rings (SSSR count). The van der Waals surface area contributed by atoms with Gasteiger partial charge in [0.1, 0.15) is 29.8 Å². The second-order valence-electron chi connectivity index (χ2n) is 14.6. The minimum absolute atomic E-state index is 0.0794. The van der Waals surface area contributed by atoms with Crippen molar-refractivity contribution in [3.05, 3.63) is 46.8 Å². The van der Waals surface area contributed by atoms with Crippen molar-refractivity contribution in [3.8, 4) is 0 Å². The monoisotopic (exact) mass is 709 g/mol. The van der Waals surface area contributed by atoms with E-state index in [1.807, 2.05) is 6.07 Å². The van der Waals surface area contributed by atoms with Gasteiger partial charge in [-0.05, 0) is 93.0 Å². The van der Waals surface area contributed by atoms with Gasteiger partial charge in [0.2, 0.25) is 17.7 Å². The maximum absolute atomic E-state index is 13.8. The number of hydrogen-bond acceptors (Lipinski definition) is 7. The van der Waals surface area contributed by atoms with Gasteiger partial charge in [-0.1, -0.05) is 31.7 Å². The molecule has 1 aromatic carbocycles. The van der Waals surface area contributed by atoms with Crippen LogP contribution in [0.3, 0.4) is 0 Å². The van der Waals surface area contributed by atoms with E-state index in [4.69, 9.17) is 0 Å². The molecule has 3 heterocycles. The van der Waals surface area contributed by atoms with Crippen LogP contribution < -0.4 is 21.3 Å². The van der Waals surface area contributed by atoms with Crippen LogP contribution in [0.2, 0.25) is 0 Å². The molecule has 0 unspecified atom stereocenters. The summed E-state index contributed by atoms with van der Waals surface area (Å²) in [5.41, 5.74) is 1.49. The van der Waals surface area contributed by atoms with E-state index in [2.05, 4.69) is 37.4 Å². The quantitative estimate of drug-likeness (QED) is 0.230. The Morgan fingerprint density at radius 3 is 2.39 bits per heavy atom. The first-order chi connectivity index (χ1) is 24.3. The third-order valence-electron chi connectivity index (χ3n) is 10.4. The highest BCUT2D eigenvalue weighted by Crippen LogP contribution is 2.49. The molecular formula is C37H46F3N7O4. The molecular weight excluding hydrogens is 663 g/mol. The van der Waals surface area contributed by atoms with E-state index in [1.54, 1.807) is 0 Å². The minimum atomic E-state index is -4.71. The Kier molecular flexibility index (Phi) is 10.7. The van der Waals surface area contributed by atoms with Gasteiger partial charge in [0, 0.05) is 37.0 Å². The number of hydrogen-bond donors (Lipinski definition) is 4. The topological polar surface area (TPSA) is 147 Å². The van der Waals surface area contributed by atoms with Crippen molar-refractivity contribution in [3.63, 3.8) is 0 Å². The summed E-state index contributed by atoms with van der Waals surface area (Å²) in [6.07, 6.45) is 5.70. The van der Waals surface area contributed by atoms with Gasteiger partial charge < -0.3 is 21.3 Å². The van der Waals surface area contributed by atoms with Crippen LogP contribution in [0.25, 0.3) is 10.9 Å². The van der Waals surface area contributed by atoms with Crippen molar-refractivity contribution in [2.75, 3.05) is 17.2 Å². The van der Waals surface area contributed by atoms with Gasteiger partial charge in [-0.3, -0.25) is 23.9 Å². The first kappa shape index (κ1) is 36.3. The molecule has 11 nitrogen and oxygen atoms in total. The fourth-order valence-corrected chi connectivity index (χ4v) is 7.35. The van der Waals surface area contributed by atoms with Crippen LogP contribution in [-0.4, -0.2) is 56.9 Å². The summed E-state index contributed by atoms with van der Waals surface area (Å²) in [4.78, 5) is 56.9. The molecule has 3 aliphatic rings. The van der Waals surface area contributed by atoms with E-state index in [1.165, 1.54) is 24.6 Å². The Balaban J connectivity index is 1.33. The normalized spacial score (nSPS) is 20.7. The molecule has 1 atom stereocenters. The number of aryl methyl sites for hydroxylation is 2. The summed E-state index contributed by atoms with van der Waals surface area (Å²) < 4.78 is 41.9. The number of benzene rings is 1. The Morgan fingerprint density at radius 2 is 1.71 bits per heavy atom. The molecule has 0 saturated heterocycles. The molecule has 51 heavy (non-hydrogen) atoms. The van der Waals surface area contributed by atoms with Crippen molar-refractivity contribution < 1.29 is 32.3 Å². The van der Waals surface area contributed by atoms with Crippen LogP contribution in [0, 0.1) is 12.3 Å². The highest BCUT2D eigenvalue weighted by molar-refractivity contribution is 6.07. The zero-order chi connectivity index (χ0) is 36.3. The smallest absolute Gasteiger partial charge is 0.382 e. The Hall–Kier alpha value is -4.49. The number of alkyl halides is 3. The largest absolute Gasteiger partial charge is 0.433 e. The van der Waals surface area contributed by atoms with Crippen molar-refractivity contribution >= 4 is 45.9 Å². The maximum atomic E-state index is 13.8. The third-order valence-corrected chi connectivity index (χ3v) is 10.4. The molecule has 3 aromatic rings. The second kappa shape index (κ2) is 15.0. The fourth-order valence-electron chi connectivity index (χ4n) is 7.35. The first-order valence-corrected chi connectivity index (χ1v) is 18.0. The van der Waals surface area contributed by atoms with E-state index in [-0.39, 0.29) is 36.2 Å².